The van der Waals surface area contributed by atoms with Gasteiger partial charge in [-0.25, -0.2) is 4.98 Å². The highest BCUT2D eigenvalue weighted by molar-refractivity contribution is 5.92. The molecule has 1 saturated heterocycles. The van der Waals surface area contributed by atoms with Crippen LogP contribution in [-0.2, 0) is 7.05 Å². The maximum atomic E-state index is 12.2. The Morgan fingerprint density at radius 2 is 2.29 bits per heavy atom. The zero-order chi connectivity index (χ0) is 12.6. The largest absolute Gasteiger partial charge is 0.340 e. The topological polar surface area (TPSA) is 64.2 Å². The van der Waals surface area contributed by atoms with Crippen LogP contribution in [0.25, 0.3) is 0 Å². The minimum absolute atomic E-state index is 0.00516. The van der Waals surface area contributed by atoms with Gasteiger partial charge < -0.3 is 15.2 Å². The van der Waals surface area contributed by atoms with Gasteiger partial charge in [0, 0.05) is 32.4 Å². The lowest BCUT2D eigenvalue weighted by Gasteiger charge is -2.42. The summed E-state index contributed by atoms with van der Waals surface area (Å²) in [6.45, 7) is 5.63. The van der Waals surface area contributed by atoms with Crippen LogP contribution in [0.1, 0.15) is 30.8 Å². The maximum absolute atomic E-state index is 12.2. The van der Waals surface area contributed by atoms with E-state index >= 15 is 0 Å². The summed E-state index contributed by atoms with van der Waals surface area (Å²) in [5.41, 5.74) is 6.55. The summed E-state index contributed by atoms with van der Waals surface area (Å²) in [6, 6.07) is 0.162. The number of aryl methyl sites for hydroxylation is 1. The first-order valence-electron chi connectivity index (χ1n) is 5.93. The Morgan fingerprint density at radius 3 is 2.82 bits per heavy atom. The summed E-state index contributed by atoms with van der Waals surface area (Å²) in [7, 11) is 1.86. The van der Waals surface area contributed by atoms with Gasteiger partial charge in [0.15, 0.2) is 0 Å². The van der Waals surface area contributed by atoms with Crippen LogP contribution in [0.15, 0.2) is 12.5 Å². The minimum atomic E-state index is -0.0251. The van der Waals surface area contributed by atoms with E-state index in [9.17, 15) is 4.79 Å². The van der Waals surface area contributed by atoms with Crippen molar-refractivity contribution in [1.82, 2.24) is 14.5 Å². The van der Waals surface area contributed by atoms with E-state index in [1.807, 2.05) is 11.9 Å². The summed E-state index contributed by atoms with van der Waals surface area (Å²) in [4.78, 5) is 18.2. The number of nitrogens with zero attached hydrogens (tertiary/aromatic N) is 3. The Hall–Kier alpha value is -1.36. The molecule has 1 aliphatic heterocycles. The lowest BCUT2D eigenvalue weighted by molar-refractivity contribution is 0.0528. The Kier molecular flexibility index (Phi) is 2.95. The molecule has 0 aromatic carbocycles. The van der Waals surface area contributed by atoms with E-state index in [0.29, 0.717) is 12.2 Å². The van der Waals surface area contributed by atoms with Crippen molar-refractivity contribution in [1.29, 1.82) is 0 Å². The van der Waals surface area contributed by atoms with Gasteiger partial charge in [0.25, 0.3) is 5.91 Å². The van der Waals surface area contributed by atoms with Crippen LogP contribution in [0.2, 0.25) is 0 Å². The van der Waals surface area contributed by atoms with Crippen LogP contribution in [0.5, 0.6) is 0 Å². The number of nitrogens with two attached hydrogens (primary N) is 1. The van der Waals surface area contributed by atoms with E-state index in [1.54, 1.807) is 17.1 Å². The second-order valence-electron chi connectivity index (χ2n) is 5.53. The molecule has 1 aliphatic rings. The fourth-order valence-electron chi connectivity index (χ4n) is 2.23. The van der Waals surface area contributed by atoms with E-state index < -0.39 is 0 Å². The smallest absolute Gasteiger partial charge is 0.274 e. The van der Waals surface area contributed by atoms with Gasteiger partial charge in [-0.2, -0.15) is 0 Å². The number of rotatable bonds is 1. The van der Waals surface area contributed by atoms with Gasteiger partial charge >= 0.3 is 0 Å². The molecule has 1 unspecified atom stereocenters. The number of likely N-dealkylation sites (tertiary alicyclic amines) is 1. The molecule has 2 N–H and O–H groups in total. The van der Waals surface area contributed by atoms with Gasteiger partial charge in [0.2, 0.25) is 0 Å². The second-order valence-corrected chi connectivity index (χ2v) is 5.53. The predicted octanol–water partition coefficient (Wildman–Crippen LogP) is 0.619. The van der Waals surface area contributed by atoms with E-state index in [2.05, 4.69) is 18.8 Å². The molecule has 0 radical (unpaired) electrons. The molecule has 1 amide bonds. The van der Waals surface area contributed by atoms with Gasteiger partial charge in [-0.05, 0) is 11.8 Å². The summed E-state index contributed by atoms with van der Waals surface area (Å²) < 4.78 is 1.79. The van der Waals surface area contributed by atoms with Crippen LogP contribution < -0.4 is 5.73 Å². The fourth-order valence-corrected chi connectivity index (χ4v) is 2.23. The lowest BCUT2D eigenvalue weighted by Crippen LogP contribution is -2.54. The van der Waals surface area contributed by atoms with Gasteiger partial charge in [-0.3, -0.25) is 4.79 Å². The number of hydrogen-bond donors (Lipinski definition) is 1. The van der Waals surface area contributed by atoms with Crippen molar-refractivity contribution in [3.8, 4) is 0 Å². The number of aromatic nitrogens is 2. The molecule has 0 bridgehead atoms. The Morgan fingerprint density at radius 1 is 1.59 bits per heavy atom. The quantitative estimate of drug-likeness (QED) is 0.777. The minimum Gasteiger partial charge on any atom is -0.340 e. The van der Waals surface area contributed by atoms with E-state index in [1.165, 1.54) is 0 Å². The summed E-state index contributed by atoms with van der Waals surface area (Å²) >= 11 is 0. The molecule has 1 atom stereocenters. The molecular formula is C12H20N4O. The maximum Gasteiger partial charge on any atom is 0.274 e. The van der Waals surface area contributed by atoms with E-state index in [0.717, 1.165) is 13.0 Å². The second kappa shape index (κ2) is 4.14. The number of amides is 1. The van der Waals surface area contributed by atoms with Crippen LogP contribution >= 0.6 is 0 Å². The van der Waals surface area contributed by atoms with Crippen molar-refractivity contribution < 1.29 is 4.79 Å². The summed E-state index contributed by atoms with van der Waals surface area (Å²) in [6.07, 6.45) is 4.25. The first kappa shape index (κ1) is 12.1. The highest BCUT2D eigenvalue weighted by Crippen LogP contribution is 2.28. The molecule has 0 saturated carbocycles. The number of piperidine rings is 1. The fraction of sp³-hybridized carbons (Fsp3) is 0.667. The molecule has 5 nitrogen and oxygen atoms in total. The average molecular weight is 236 g/mol. The van der Waals surface area contributed by atoms with Crippen molar-refractivity contribution in [3.63, 3.8) is 0 Å². The third-order valence-corrected chi connectivity index (χ3v) is 3.52. The summed E-state index contributed by atoms with van der Waals surface area (Å²) in [5.74, 6) is 0.00516. The molecule has 1 aromatic heterocycles. The predicted molar refractivity (Wildman–Crippen MR) is 65.5 cm³/mol. The van der Waals surface area contributed by atoms with E-state index in [-0.39, 0.29) is 17.4 Å². The Labute approximate surface area is 102 Å². The third-order valence-electron chi connectivity index (χ3n) is 3.52. The molecule has 17 heavy (non-hydrogen) atoms. The number of carbonyl (C=O) groups is 1. The zero-order valence-electron chi connectivity index (χ0n) is 10.7. The third kappa shape index (κ3) is 2.34. The number of imidazole rings is 1. The molecule has 2 rings (SSSR count). The number of hydrogen-bond acceptors (Lipinski definition) is 3. The molecule has 1 aromatic rings. The average Bonchev–Trinajstić information content (AvgIpc) is 2.68. The first-order chi connectivity index (χ1) is 7.90. The van der Waals surface area contributed by atoms with Crippen molar-refractivity contribution in [2.24, 2.45) is 18.2 Å². The first-order valence-corrected chi connectivity index (χ1v) is 5.93. The van der Waals surface area contributed by atoms with Crippen LogP contribution in [0.3, 0.4) is 0 Å². The van der Waals surface area contributed by atoms with Gasteiger partial charge in [-0.1, -0.05) is 13.8 Å². The zero-order valence-corrected chi connectivity index (χ0v) is 10.7. The van der Waals surface area contributed by atoms with Crippen molar-refractivity contribution >= 4 is 5.91 Å². The van der Waals surface area contributed by atoms with Crippen LogP contribution in [0.4, 0.5) is 0 Å². The van der Waals surface area contributed by atoms with Crippen molar-refractivity contribution in [2.75, 3.05) is 13.1 Å². The molecule has 5 heteroatoms. The van der Waals surface area contributed by atoms with Gasteiger partial charge in [-0.15, -0.1) is 0 Å². The monoisotopic (exact) mass is 236 g/mol. The van der Waals surface area contributed by atoms with Gasteiger partial charge in [0.05, 0.1) is 6.33 Å². The molecular weight excluding hydrogens is 216 g/mol. The van der Waals surface area contributed by atoms with Crippen molar-refractivity contribution in [2.45, 2.75) is 26.3 Å². The number of carbonyl (C=O) groups excluding carboxylic acids is 1. The molecule has 2 heterocycles. The highest BCUT2D eigenvalue weighted by atomic mass is 16.2. The van der Waals surface area contributed by atoms with Crippen molar-refractivity contribution in [3.05, 3.63) is 18.2 Å². The standard InChI is InChI=1S/C12H20N4O/c1-12(2)7-16(5-4-10(12)13)11(17)9-6-15(3)8-14-9/h6,8,10H,4-5,7,13H2,1-3H3. The van der Waals surface area contributed by atoms with E-state index in [4.69, 9.17) is 5.73 Å². The van der Waals surface area contributed by atoms with Crippen LogP contribution in [-0.4, -0.2) is 39.5 Å². The molecule has 1 fully saturated rings. The van der Waals surface area contributed by atoms with Crippen LogP contribution in [0, 0.1) is 5.41 Å². The summed E-state index contributed by atoms with van der Waals surface area (Å²) in [5, 5.41) is 0. The lowest BCUT2D eigenvalue weighted by atomic mass is 9.79. The molecule has 94 valence electrons. The van der Waals surface area contributed by atoms with Gasteiger partial charge in [0.1, 0.15) is 5.69 Å². The molecule has 0 aliphatic carbocycles. The molecule has 0 spiro atoms. The Bertz CT molecular complexity index is 424. The normalized spacial score (nSPS) is 23.8. The Balaban J connectivity index is 2.11. The SMILES string of the molecule is Cn1cnc(C(=O)N2CCC(N)C(C)(C)C2)c1. The highest BCUT2D eigenvalue weighted by Gasteiger charge is 2.35.